The SMILES string of the molecule is COc1ccc([C@H]2C(=C(O)c3ccccc3)C(=O)C(=O)N2CCC[NH+](C)C)cc1OC. The molecule has 0 spiro atoms. The molecular formula is C24H29N2O5+. The smallest absolute Gasteiger partial charge is 0.295 e. The number of amides is 1. The van der Waals surface area contributed by atoms with Gasteiger partial charge in [-0.15, -0.1) is 0 Å². The average molecular weight is 426 g/mol. The molecule has 0 unspecified atom stereocenters. The van der Waals surface area contributed by atoms with E-state index in [1.807, 2.05) is 20.2 Å². The first-order valence-corrected chi connectivity index (χ1v) is 10.2. The number of hydrogen-bond donors (Lipinski definition) is 2. The van der Waals surface area contributed by atoms with E-state index in [1.54, 1.807) is 54.5 Å². The van der Waals surface area contributed by atoms with Crippen LogP contribution < -0.4 is 14.4 Å². The Morgan fingerprint density at radius 1 is 1.03 bits per heavy atom. The van der Waals surface area contributed by atoms with Crippen LogP contribution in [-0.2, 0) is 9.59 Å². The zero-order valence-electron chi connectivity index (χ0n) is 18.3. The zero-order valence-corrected chi connectivity index (χ0v) is 18.3. The molecule has 1 saturated heterocycles. The van der Waals surface area contributed by atoms with E-state index in [4.69, 9.17) is 9.47 Å². The number of ketones is 1. The van der Waals surface area contributed by atoms with E-state index < -0.39 is 17.7 Å². The summed E-state index contributed by atoms with van der Waals surface area (Å²) in [5.74, 6) is -0.436. The quantitative estimate of drug-likeness (QED) is 0.382. The highest BCUT2D eigenvalue weighted by molar-refractivity contribution is 6.46. The molecule has 0 aliphatic carbocycles. The maximum Gasteiger partial charge on any atom is 0.295 e. The minimum absolute atomic E-state index is 0.0839. The van der Waals surface area contributed by atoms with Gasteiger partial charge in [-0.25, -0.2) is 0 Å². The molecule has 2 aromatic carbocycles. The monoisotopic (exact) mass is 425 g/mol. The average Bonchev–Trinajstić information content (AvgIpc) is 3.03. The third kappa shape index (κ3) is 4.56. The third-order valence-corrected chi connectivity index (χ3v) is 5.39. The van der Waals surface area contributed by atoms with E-state index in [0.29, 0.717) is 29.2 Å². The summed E-state index contributed by atoms with van der Waals surface area (Å²) in [5, 5.41) is 11.0. The summed E-state index contributed by atoms with van der Waals surface area (Å²) < 4.78 is 10.7. The third-order valence-electron chi connectivity index (χ3n) is 5.39. The number of ether oxygens (including phenoxy) is 2. The summed E-state index contributed by atoms with van der Waals surface area (Å²) in [5.41, 5.74) is 1.25. The van der Waals surface area contributed by atoms with Gasteiger partial charge in [0.25, 0.3) is 11.7 Å². The molecule has 1 atom stereocenters. The number of rotatable bonds is 8. The molecule has 2 aromatic rings. The maximum atomic E-state index is 13.0. The molecule has 7 heteroatoms. The van der Waals surface area contributed by atoms with Crippen LogP contribution in [-0.4, -0.2) is 63.1 Å². The molecule has 1 heterocycles. The molecular weight excluding hydrogens is 396 g/mol. The summed E-state index contributed by atoms with van der Waals surface area (Å²) in [7, 11) is 7.15. The van der Waals surface area contributed by atoms with Crippen molar-refractivity contribution in [2.75, 3.05) is 41.4 Å². The Morgan fingerprint density at radius 2 is 1.71 bits per heavy atom. The van der Waals surface area contributed by atoms with Crippen LogP contribution in [0, 0.1) is 0 Å². The van der Waals surface area contributed by atoms with E-state index in [9.17, 15) is 14.7 Å². The summed E-state index contributed by atoms with van der Waals surface area (Å²) in [6, 6.07) is 13.4. The van der Waals surface area contributed by atoms with E-state index in [0.717, 1.165) is 13.0 Å². The first kappa shape index (κ1) is 22.4. The molecule has 3 rings (SSSR count). The van der Waals surface area contributed by atoms with Gasteiger partial charge in [0.15, 0.2) is 11.5 Å². The van der Waals surface area contributed by atoms with Crippen molar-refractivity contribution in [3.63, 3.8) is 0 Å². The number of methoxy groups -OCH3 is 2. The Bertz CT molecular complexity index is 985. The number of aliphatic hydroxyl groups is 1. The number of nitrogens with zero attached hydrogens (tertiary/aromatic N) is 1. The first-order chi connectivity index (χ1) is 14.9. The normalized spacial score (nSPS) is 18.0. The fourth-order valence-electron chi connectivity index (χ4n) is 3.83. The van der Waals surface area contributed by atoms with Crippen molar-refractivity contribution in [1.29, 1.82) is 0 Å². The zero-order chi connectivity index (χ0) is 22.5. The Morgan fingerprint density at radius 3 is 2.32 bits per heavy atom. The van der Waals surface area contributed by atoms with Gasteiger partial charge < -0.3 is 24.4 Å². The van der Waals surface area contributed by atoms with Crippen LogP contribution in [0.5, 0.6) is 11.5 Å². The van der Waals surface area contributed by atoms with Gasteiger partial charge in [0, 0.05) is 18.5 Å². The number of likely N-dealkylation sites (tertiary alicyclic amines) is 1. The van der Waals surface area contributed by atoms with Crippen LogP contribution >= 0.6 is 0 Å². The second-order valence-corrected chi connectivity index (χ2v) is 7.78. The van der Waals surface area contributed by atoms with Gasteiger partial charge in [-0.1, -0.05) is 36.4 Å². The minimum Gasteiger partial charge on any atom is -0.507 e. The molecule has 1 fully saturated rings. The van der Waals surface area contributed by atoms with Gasteiger partial charge in [0.05, 0.1) is 46.5 Å². The van der Waals surface area contributed by atoms with Crippen molar-refractivity contribution >= 4 is 17.4 Å². The van der Waals surface area contributed by atoms with Crippen molar-refractivity contribution in [1.82, 2.24) is 4.90 Å². The highest BCUT2D eigenvalue weighted by Gasteiger charge is 2.46. The highest BCUT2D eigenvalue weighted by Crippen LogP contribution is 2.41. The van der Waals surface area contributed by atoms with Gasteiger partial charge in [0.1, 0.15) is 5.76 Å². The van der Waals surface area contributed by atoms with Crippen LogP contribution in [0.4, 0.5) is 0 Å². The predicted octanol–water partition coefficient (Wildman–Crippen LogP) is 1.66. The molecule has 7 nitrogen and oxygen atoms in total. The van der Waals surface area contributed by atoms with Crippen molar-refractivity contribution in [3.8, 4) is 11.5 Å². The lowest BCUT2D eigenvalue weighted by Crippen LogP contribution is -3.05. The Balaban J connectivity index is 2.13. The second-order valence-electron chi connectivity index (χ2n) is 7.78. The lowest BCUT2D eigenvalue weighted by atomic mass is 9.95. The fourth-order valence-corrected chi connectivity index (χ4v) is 3.83. The van der Waals surface area contributed by atoms with Crippen molar-refractivity contribution in [2.24, 2.45) is 0 Å². The number of aliphatic hydroxyl groups excluding tert-OH is 1. The Labute approximate surface area is 182 Å². The molecule has 0 radical (unpaired) electrons. The van der Waals surface area contributed by atoms with Crippen LogP contribution in [0.25, 0.3) is 5.76 Å². The number of hydrogen-bond acceptors (Lipinski definition) is 5. The van der Waals surface area contributed by atoms with E-state index in [1.165, 1.54) is 12.0 Å². The number of carbonyl (C=O) groups excluding carboxylic acids is 2. The molecule has 0 saturated carbocycles. The van der Waals surface area contributed by atoms with E-state index in [-0.39, 0.29) is 11.3 Å². The van der Waals surface area contributed by atoms with Gasteiger partial charge in [0.2, 0.25) is 0 Å². The molecule has 2 N–H and O–H groups in total. The fraction of sp³-hybridized carbons (Fsp3) is 0.333. The summed E-state index contributed by atoms with van der Waals surface area (Å²) in [6.07, 6.45) is 0.727. The van der Waals surface area contributed by atoms with Crippen LogP contribution in [0.2, 0.25) is 0 Å². The van der Waals surface area contributed by atoms with Crippen molar-refractivity contribution < 1.29 is 29.1 Å². The summed E-state index contributed by atoms with van der Waals surface area (Å²) in [6.45, 7) is 1.25. The standard InChI is InChI=1S/C24H28N2O5/c1-25(2)13-8-14-26-21(17-11-12-18(30-3)19(15-17)31-4)20(23(28)24(26)29)22(27)16-9-6-5-7-10-16/h5-7,9-12,15,21,27H,8,13-14H2,1-4H3/p+1/t21-/m0/s1. The maximum absolute atomic E-state index is 13.0. The number of benzene rings is 2. The lowest BCUT2D eigenvalue weighted by Gasteiger charge is -2.26. The van der Waals surface area contributed by atoms with Gasteiger partial charge in [-0.2, -0.15) is 0 Å². The number of carbonyl (C=O) groups is 2. The lowest BCUT2D eigenvalue weighted by molar-refractivity contribution is -0.858. The number of Topliss-reactive ketones (excluding diaryl/α,β-unsaturated/α-hetero) is 1. The topological polar surface area (TPSA) is 80.5 Å². The molecule has 0 aromatic heterocycles. The summed E-state index contributed by atoms with van der Waals surface area (Å²) >= 11 is 0. The molecule has 164 valence electrons. The van der Waals surface area contributed by atoms with E-state index in [2.05, 4.69) is 0 Å². The van der Waals surface area contributed by atoms with Gasteiger partial charge in [-0.3, -0.25) is 9.59 Å². The molecule has 0 bridgehead atoms. The second kappa shape index (κ2) is 9.66. The van der Waals surface area contributed by atoms with E-state index >= 15 is 0 Å². The number of quaternary nitrogens is 1. The van der Waals surface area contributed by atoms with Crippen LogP contribution in [0.15, 0.2) is 54.1 Å². The highest BCUT2D eigenvalue weighted by atomic mass is 16.5. The molecule has 1 aliphatic rings. The molecule has 31 heavy (non-hydrogen) atoms. The Hall–Kier alpha value is -3.32. The van der Waals surface area contributed by atoms with Crippen LogP contribution in [0.1, 0.15) is 23.6 Å². The Kier molecular flexibility index (Phi) is 6.97. The van der Waals surface area contributed by atoms with Crippen LogP contribution in [0.3, 0.4) is 0 Å². The van der Waals surface area contributed by atoms with Crippen molar-refractivity contribution in [2.45, 2.75) is 12.5 Å². The minimum atomic E-state index is -0.711. The molecule has 1 amide bonds. The molecule has 1 aliphatic heterocycles. The predicted molar refractivity (Wildman–Crippen MR) is 117 cm³/mol. The summed E-state index contributed by atoms with van der Waals surface area (Å²) in [4.78, 5) is 28.8. The van der Waals surface area contributed by atoms with Gasteiger partial charge >= 0.3 is 0 Å². The largest absolute Gasteiger partial charge is 0.507 e. The van der Waals surface area contributed by atoms with Crippen molar-refractivity contribution in [3.05, 3.63) is 65.2 Å². The first-order valence-electron chi connectivity index (χ1n) is 10.2. The number of nitrogens with one attached hydrogen (secondary N) is 1. The van der Waals surface area contributed by atoms with Gasteiger partial charge in [-0.05, 0) is 17.7 Å².